The molecule has 0 radical (unpaired) electrons. The molecule has 22 heavy (non-hydrogen) atoms. The predicted molar refractivity (Wildman–Crippen MR) is 83.5 cm³/mol. The molecule has 2 aromatic rings. The number of amides is 2. The van der Waals surface area contributed by atoms with E-state index in [0.29, 0.717) is 0 Å². The second-order valence-corrected chi connectivity index (χ2v) is 5.79. The summed E-state index contributed by atoms with van der Waals surface area (Å²) < 4.78 is 1.10. The molecule has 0 aliphatic heterocycles. The van der Waals surface area contributed by atoms with Gasteiger partial charge >= 0.3 is 5.97 Å². The van der Waals surface area contributed by atoms with Crippen molar-refractivity contribution in [3.63, 3.8) is 0 Å². The zero-order valence-corrected chi connectivity index (χ0v) is 12.6. The summed E-state index contributed by atoms with van der Waals surface area (Å²) in [5, 5.41) is 14.0. The van der Waals surface area contributed by atoms with E-state index in [1.54, 1.807) is 11.3 Å². The lowest BCUT2D eigenvalue weighted by molar-refractivity contribution is -0.139. The Kier molecular flexibility index (Phi) is 5.11. The molecule has 0 aliphatic rings. The molecule has 0 saturated heterocycles. The highest BCUT2D eigenvalue weighted by molar-refractivity contribution is 7.17. The lowest BCUT2D eigenvalue weighted by Crippen LogP contribution is -2.45. The molecule has 1 aromatic carbocycles. The van der Waals surface area contributed by atoms with Crippen LogP contribution in [0.2, 0.25) is 0 Å². The van der Waals surface area contributed by atoms with Crippen LogP contribution in [-0.4, -0.2) is 28.9 Å². The summed E-state index contributed by atoms with van der Waals surface area (Å²) in [6.45, 7) is 0. The molecule has 1 heterocycles. The zero-order valence-electron chi connectivity index (χ0n) is 11.7. The third-order valence-electron chi connectivity index (χ3n) is 3.23. The normalized spacial score (nSPS) is 12.0. The monoisotopic (exact) mass is 320 g/mol. The number of primary amides is 1. The first-order valence-electron chi connectivity index (χ1n) is 6.73. The summed E-state index contributed by atoms with van der Waals surface area (Å²) in [6.07, 6.45) is -0.166. The third kappa shape index (κ3) is 4.05. The van der Waals surface area contributed by atoms with Gasteiger partial charge in [0.05, 0.1) is 6.42 Å². The molecule has 2 amide bonds. The largest absolute Gasteiger partial charge is 0.481 e. The van der Waals surface area contributed by atoms with Gasteiger partial charge in [0.25, 0.3) is 0 Å². The van der Waals surface area contributed by atoms with Crippen molar-refractivity contribution in [1.29, 1.82) is 0 Å². The van der Waals surface area contributed by atoms with Gasteiger partial charge in [-0.05, 0) is 22.4 Å². The van der Waals surface area contributed by atoms with Gasteiger partial charge in [-0.25, -0.2) is 0 Å². The van der Waals surface area contributed by atoms with Crippen molar-refractivity contribution in [2.24, 2.45) is 5.73 Å². The van der Waals surface area contributed by atoms with Crippen LogP contribution < -0.4 is 11.1 Å². The van der Waals surface area contributed by atoms with Crippen molar-refractivity contribution in [2.75, 3.05) is 0 Å². The summed E-state index contributed by atoms with van der Waals surface area (Å²) in [5.74, 6) is -2.20. The summed E-state index contributed by atoms with van der Waals surface area (Å²) in [7, 11) is 0. The molecule has 116 valence electrons. The number of carbonyl (C=O) groups is 3. The molecule has 0 aliphatic carbocycles. The van der Waals surface area contributed by atoms with Gasteiger partial charge in [0.2, 0.25) is 11.8 Å². The summed E-state index contributed by atoms with van der Waals surface area (Å²) >= 11 is 1.56. The van der Waals surface area contributed by atoms with Gasteiger partial charge in [-0.1, -0.05) is 18.2 Å². The first kappa shape index (κ1) is 16.0. The fourth-order valence-corrected chi connectivity index (χ4v) is 3.10. The van der Waals surface area contributed by atoms with Crippen LogP contribution in [-0.2, 0) is 20.8 Å². The van der Waals surface area contributed by atoms with E-state index in [0.717, 1.165) is 15.6 Å². The minimum absolute atomic E-state index is 0.177. The van der Waals surface area contributed by atoms with Gasteiger partial charge in [-0.15, -0.1) is 11.3 Å². The Labute approximate surface area is 130 Å². The third-order valence-corrected chi connectivity index (χ3v) is 4.24. The van der Waals surface area contributed by atoms with Gasteiger partial charge in [-0.3, -0.25) is 14.4 Å². The quantitative estimate of drug-likeness (QED) is 0.714. The molecule has 2 rings (SSSR count). The first-order valence-corrected chi connectivity index (χ1v) is 7.61. The lowest BCUT2D eigenvalue weighted by Gasteiger charge is -2.15. The average molecular weight is 320 g/mol. The number of rotatable bonds is 7. The van der Waals surface area contributed by atoms with Gasteiger partial charge < -0.3 is 16.2 Å². The van der Waals surface area contributed by atoms with E-state index in [-0.39, 0.29) is 19.3 Å². The smallest absolute Gasteiger partial charge is 0.303 e. The number of aliphatic carboxylic acids is 1. The molecule has 0 bridgehead atoms. The van der Waals surface area contributed by atoms with Gasteiger partial charge in [0, 0.05) is 17.5 Å². The molecular formula is C15H16N2O4S. The first-order chi connectivity index (χ1) is 10.5. The van der Waals surface area contributed by atoms with Crippen LogP contribution in [0.3, 0.4) is 0 Å². The second kappa shape index (κ2) is 7.04. The molecular weight excluding hydrogens is 304 g/mol. The van der Waals surface area contributed by atoms with Crippen molar-refractivity contribution in [1.82, 2.24) is 5.32 Å². The fraction of sp³-hybridized carbons (Fsp3) is 0.267. The number of hydrogen-bond acceptors (Lipinski definition) is 4. The van der Waals surface area contributed by atoms with Crippen molar-refractivity contribution >= 4 is 39.2 Å². The topological polar surface area (TPSA) is 109 Å². The predicted octanol–water partition coefficient (Wildman–Crippen LogP) is 1.28. The van der Waals surface area contributed by atoms with Gasteiger partial charge in [0.1, 0.15) is 6.04 Å². The molecule has 0 unspecified atom stereocenters. The number of thiophene rings is 1. The number of benzene rings is 1. The minimum atomic E-state index is -1.06. The molecule has 1 aromatic heterocycles. The number of carboxylic acids is 1. The highest BCUT2D eigenvalue weighted by Gasteiger charge is 2.20. The van der Waals surface area contributed by atoms with Crippen LogP contribution >= 0.6 is 11.3 Å². The molecule has 4 N–H and O–H groups in total. The van der Waals surface area contributed by atoms with Crippen LogP contribution in [0.15, 0.2) is 29.6 Å². The number of carboxylic acid groups (broad SMARTS) is 1. The minimum Gasteiger partial charge on any atom is -0.481 e. The Morgan fingerprint density at radius 1 is 1.23 bits per heavy atom. The SMILES string of the molecule is NC(=O)[C@H](Cc1csc2ccccc12)NC(=O)CCC(=O)O. The number of hydrogen-bond donors (Lipinski definition) is 3. The fourth-order valence-electron chi connectivity index (χ4n) is 2.12. The van der Waals surface area contributed by atoms with E-state index in [4.69, 9.17) is 10.8 Å². The van der Waals surface area contributed by atoms with E-state index in [2.05, 4.69) is 5.32 Å². The highest BCUT2D eigenvalue weighted by Crippen LogP contribution is 2.26. The van der Waals surface area contributed by atoms with Crippen molar-refractivity contribution in [3.8, 4) is 0 Å². The highest BCUT2D eigenvalue weighted by atomic mass is 32.1. The number of nitrogens with two attached hydrogens (primary N) is 1. The average Bonchev–Trinajstić information content (AvgIpc) is 2.87. The second-order valence-electron chi connectivity index (χ2n) is 4.88. The van der Waals surface area contributed by atoms with Crippen molar-refractivity contribution < 1.29 is 19.5 Å². The standard InChI is InChI=1S/C15H16N2O4S/c16-15(21)11(17-13(18)5-6-14(19)20)7-9-8-22-12-4-2-1-3-10(9)12/h1-4,8,11H,5-7H2,(H2,16,21)(H,17,18)(H,19,20)/t11-/m0/s1. The maximum atomic E-state index is 11.7. The van der Waals surface area contributed by atoms with E-state index < -0.39 is 23.8 Å². The maximum absolute atomic E-state index is 11.7. The molecule has 0 saturated carbocycles. The summed E-state index contributed by atoms with van der Waals surface area (Å²) in [6, 6.07) is 6.92. The molecule has 0 fully saturated rings. The Balaban J connectivity index is 2.07. The van der Waals surface area contributed by atoms with Crippen LogP contribution in [0.5, 0.6) is 0 Å². The Hall–Kier alpha value is -2.41. The van der Waals surface area contributed by atoms with E-state index >= 15 is 0 Å². The maximum Gasteiger partial charge on any atom is 0.303 e. The molecule has 7 heteroatoms. The van der Waals surface area contributed by atoms with E-state index in [1.165, 1.54) is 0 Å². The van der Waals surface area contributed by atoms with Gasteiger partial charge in [-0.2, -0.15) is 0 Å². The van der Waals surface area contributed by atoms with Crippen molar-refractivity contribution in [3.05, 3.63) is 35.2 Å². The summed E-state index contributed by atoms with van der Waals surface area (Å²) in [4.78, 5) is 33.7. The van der Waals surface area contributed by atoms with Crippen molar-refractivity contribution in [2.45, 2.75) is 25.3 Å². The molecule has 6 nitrogen and oxygen atoms in total. The Morgan fingerprint density at radius 2 is 1.95 bits per heavy atom. The summed E-state index contributed by atoms with van der Waals surface area (Å²) in [5.41, 5.74) is 6.27. The van der Waals surface area contributed by atoms with Crippen LogP contribution in [0.1, 0.15) is 18.4 Å². The molecule has 1 atom stereocenters. The van der Waals surface area contributed by atoms with Crippen LogP contribution in [0.4, 0.5) is 0 Å². The molecule has 0 spiro atoms. The van der Waals surface area contributed by atoms with E-state index in [1.807, 2.05) is 29.6 Å². The van der Waals surface area contributed by atoms with E-state index in [9.17, 15) is 14.4 Å². The lowest BCUT2D eigenvalue weighted by atomic mass is 10.0. The van der Waals surface area contributed by atoms with Gasteiger partial charge in [0.15, 0.2) is 0 Å². The Morgan fingerprint density at radius 3 is 2.64 bits per heavy atom. The van der Waals surface area contributed by atoms with Crippen LogP contribution in [0, 0.1) is 0 Å². The number of fused-ring (bicyclic) bond motifs is 1. The Bertz CT molecular complexity index is 710. The zero-order chi connectivity index (χ0) is 16.1. The van der Waals surface area contributed by atoms with Crippen LogP contribution in [0.25, 0.3) is 10.1 Å². The number of carbonyl (C=O) groups excluding carboxylic acids is 2. The number of nitrogens with one attached hydrogen (secondary N) is 1.